The third-order valence-corrected chi connectivity index (χ3v) is 3.31. The first-order valence-corrected chi connectivity index (χ1v) is 5.42. The van der Waals surface area contributed by atoms with Gasteiger partial charge in [0, 0.05) is 18.5 Å². The largest absolute Gasteiger partial charge is 0.480 e. The lowest BCUT2D eigenvalue weighted by molar-refractivity contribution is -0.148. The van der Waals surface area contributed by atoms with E-state index in [0.29, 0.717) is 0 Å². The van der Waals surface area contributed by atoms with E-state index in [1.165, 1.54) is 0 Å². The van der Waals surface area contributed by atoms with Crippen LogP contribution in [0, 0.1) is 5.41 Å². The minimum absolute atomic E-state index is 0.114. The maximum Gasteiger partial charge on any atom is 0.320 e. The summed E-state index contributed by atoms with van der Waals surface area (Å²) >= 11 is 0. The molecule has 0 radical (unpaired) electrons. The van der Waals surface area contributed by atoms with Gasteiger partial charge >= 0.3 is 5.97 Å². The first kappa shape index (κ1) is 10.4. The molecule has 1 saturated heterocycles. The first-order chi connectivity index (χ1) is 7.11. The molecular weight excluding hydrogens is 190 g/mol. The number of carboxylic acid groups (broad SMARTS) is 1. The smallest absolute Gasteiger partial charge is 0.320 e. The topological polar surface area (TPSA) is 40.5 Å². The average molecular weight is 207 g/mol. The second-order valence-electron chi connectivity index (χ2n) is 4.76. The quantitative estimate of drug-likeness (QED) is 0.765. The molecule has 15 heavy (non-hydrogen) atoms. The van der Waals surface area contributed by atoms with Crippen LogP contribution >= 0.6 is 0 Å². The summed E-state index contributed by atoms with van der Waals surface area (Å²) in [6, 6.07) is -0.249. The van der Waals surface area contributed by atoms with Crippen molar-refractivity contribution in [2.75, 3.05) is 13.1 Å². The van der Waals surface area contributed by atoms with Crippen molar-refractivity contribution in [2.24, 2.45) is 5.41 Å². The lowest BCUT2D eigenvalue weighted by atomic mass is 9.82. The van der Waals surface area contributed by atoms with E-state index in [9.17, 15) is 4.79 Å². The van der Waals surface area contributed by atoms with Crippen LogP contribution in [0.1, 0.15) is 19.8 Å². The zero-order valence-corrected chi connectivity index (χ0v) is 9.02. The molecule has 3 nitrogen and oxygen atoms in total. The van der Waals surface area contributed by atoms with Crippen molar-refractivity contribution in [3.05, 3.63) is 24.3 Å². The Morgan fingerprint density at radius 3 is 2.87 bits per heavy atom. The fourth-order valence-corrected chi connectivity index (χ4v) is 2.26. The number of allylic oxidation sites excluding steroid dienone is 3. The van der Waals surface area contributed by atoms with Crippen LogP contribution in [0.4, 0.5) is 0 Å². The van der Waals surface area contributed by atoms with Crippen molar-refractivity contribution < 1.29 is 9.90 Å². The molecule has 0 bridgehead atoms. The number of rotatable bonds is 3. The van der Waals surface area contributed by atoms with Gasteiger partial charge in [0.15, 0.2) is 0 Å². The molecule has 2 aliphatic rings. The summed E-state index contributed by atoms with van der Waals surface area (Å²) in [4.78, 5) is 12.9. The predicted molar refractivity (Wildman–Crippen MR) is 58.6 cm³/mol. The van der Waals surface area contributed by atoms with Crippen LogP contribution in [-0.4, -0.2) is 35.1 Å². The van der Waals surface area contributed by atoms with Gasteiger partial charge in [0.2, 0.25) is 0 Å². The van der Waals surface area contributed by atoms with Gasteiger partial charge in [0.25, 0.3) is 0 Å². The molecule has 3 heteroatoms. The van der Waals surface area contributed by atoms with E-state index in [1.54, 1.807) is 0 Å². The summed E-state index contributed by atoms with van der Waals surface area (Å²) < 4.78 is 0. The Morgan fingerprint density at radius 1 is 1.60 bits per heavy atom. The first-order valence-electron chi connectivity index (χ1n) is 5.42. The number of hydrogen-bond donors (Lipinski definition) is 1. The zero-order chi connectivity index (χ0) is 10.9. The highest BCUT2D eigenvalue weighted by Crippen LogP contribution is 2.31. The molecule has 2 unspecified atom stereocenters. The third-order valence-electron chi connectivity index (χ3n) is 3.31. The maximum atomic E-state index is 10.9. The Hall–Kier alpha value is -1.09. The van der Waals surface area contributed by atoms with Crippen molar-refractivity contribution in [1.29, 1.82) is 0 Å². The lowest BCUT2D eigenvalue weighted by Crippen LogP contribution is -2.55. The van der Waals surface area contributed by atoms with Gasteiger partial charge in [-0.25, -0.2) is 0 Å². The number of likely N-dealkylation sites (tertiary alicyclic amines) is 1. The van der Waals surface area contributed by atoms with E-state index in [4.69, 9.17) is 5.11 Å². The minimum Gasteiger partial charge on any atom is -0.480 e. The Bertz CT molecular complexity index is 322. The van der Waals surface area contributed by atoms with Crippen LogP contribution in [-0.2, 0) is 4.79 Å². The molecular formula is C12H17NO2. The van der Waals surface area contributed by atoms with Crippen LogP contribution in [0.25, 0.3) is 0 Å². The second kappa shape index (κ2) is 3.81. The van der Waals surface area contributed by atoms with E-state index >= 15 is 0 Å². The molecule has 0 spiro atoms. The highest BCUT2D eigenvalue weighted by molar-refractivity contribution is 5.74. The average Bonchev–Trinajstić information content (AvgIpc) is 2.13. The van der Waals surface area contributed by atoms with Crippen LogP contribution in [0.2, 0.25) is 0 Å². The molecule has 82 valence electrons. The van der Waals surface area contributed by atoms with Crippen LogP contribution in [0.15, 0.2) is 24.3 Å². The predicted octanol–water partition coefficient (Wildman–Crippen LogP) is 1.67. The van der Waals surface area contributed by atoms with Crippen LogP contribution in [0.3, 0.4) is 0 Å². The molecule has 1 heterocycles. The van der Waals surface area contributed by atoms with Gasteiger partial charge in [0.1, 0.15) is 6.04 Å². The van der Waals surface area contributed by atoms with E-state index in [2.05, 4.69) is 30.1 Å². The van der Waals surface area contributed by atoms with E-state index < -0.39 is 5.97 Å². The molecule has 0 amide bonds. The van der Waals surface area contributed by atoms with Crippen molar-refractivity contribution in [3.63, 3.8) is 0 Å². The molecule has 2 rings (SSSR count). The molecule has 0 aromatic carbocycles. The standard InChI is InChI=1S/C12H17NO2/c1-12(6-3-2-4-7-12)9-13-8-5-10(13)11(14)15/h2-4,6,10H,5,7-9H2,1H3,(H,14,15). The van der Waals surface area contributed by atoms with Crippen molar-refractivity contribution in [2.45, 2.75) is 25.8 Å². The molecule has 1 aliphatic heterocycles. The molecule has 1 fully saturated rings. The second-order valence-corrected chi connectivity index (χ2v) is 4.76. The highest BCUT2D eigenvalue weighted by atomic mass is 16.4. The molecule has 0 saturated carbocycles. The summed E-state index contributed by atoms with van der Waals surface area (Å²) in [5.41, 5.74) is 0.114. The van der Waals surface area contributed by atoms with E-state index in [-0.39, 0.29) is 11.5 Å². The van der Waals surface area contributed by atoms with E-state index in [1.807, 2.05) is 6.08 Å². The molecule has 1 N–H and O–H groups in total. The third kappa shape index (κ3) is 2.12. The van der Waals surface area contributed by atoms with Gasteiger partial charge in [-0.3, -0.25) is 9.69 Å². The summed E-state index contributed by atoms with van der Waals surface area (Å²) in [6.07, 6.45) is 10.2. The number of hydrogen-bond acceptors (Lipinski definition) is 2. The van der Waals surface area contributed by atoms with Crippen molar-refractivity contribution in [1.82, 2.24) is 4.90 Å². The normalized spacial score (nSPS) is 35.1. The number of carbonyl (C=O) groups is 1. The molecule has 1 aliphatic carbocycles. The van der Waals surface area contributed by atoms with Gasteiger partial charge < -0.3 is 5.11 Å². The summed E-state index contributed by atoms with van der Waals surface area (Å²) in [6.45, 7) is 3.96. The Morgan fingerprint density at radius 2 is 2.40 bits per heavy atom. The number of nitrogens with zero attached hydrogens (tertiary/aromatic N) is 1. The summed E-state index contributed by atoms with van der Waals surface area (Å²) in [5.74, 6) is -0.680. The molecule has 0 aromatic rings. The Labute approximate surface area is 90.1 Å². The highest BCUT2D eigenvalue weighted by Gasteiger charge is 2.37. The SMILES string of the molecule is CC1(CN2CCC2C(=O)O)C=CC=CC1. The molecule has 2 atom stereocenters. The fourth-order valence-electron chi connectivity index (χ4n) is 2.26. The Kier molecular flexibility index (Phi) is 2.65. The summed E-state index contributed by atoms with van der Waals surface area (Å²) in [7, 11) is 0. The van der Waals surface area contributed by atoms with Gasteiger partial charge in [-0.15, -0.1) is 0 Å². The monoisotopic (exact) mass is 207 g/mol. The van der Waals surface area contributed by atoms with Gasteiger partial charge in [0.05, 0.1) is 0 Å². The summed E-state index contributed by atoms with van der Waals surface area (Å²) in [5, 5.41) is 8.94. The van der Waals surface area contributed by atoms with Gasteiger partial charge in [-0.05, 0) is 12.8 Å². The van der Waals surface area contributed by atoms with Crippen LogP contribution in [0.5, 0.6) is 0 Å². The molecule has 0 aromatic heterocycles. The van der Waals surface area contributed by atoms with Gasteiger partial charge in [-0.1, -0.05) is 31.2 Å². The fraction of sp³-hybridized carbons (Fsp3) is 0.583. The number of carboxylic acids is 1. The minimum atomic E-state index is -0.680. The van der Waals surface area contributed by atoms with E-state index in [0.717, 1.165) is 25.9 Å². The van der Waals surface area contributed by atoms with Crippen molar-refractivity contribution in [3.8, 4) is 0 Å². The maximum absolute atomic E-state index is 10.9. The number of aliphatic carboxylic acids is 1. The van der Waals surface area contributed by atoms with Crippen LogP contribution < -0.4 is 0 Å². The zero-order valence-electron chi connectivity index (χ0n) is 9.02. The lowest BCUT2D eigenvalue weighted by Gasteiger charge is -2.43. The van der Waals surface area contributed by atoms with Crippen molar-refractivity contribution >= 4 is 5.97 Å². The van der Waals surface area contributed by atoms with Gasteiger partial charge in [-0.2, -0.15) is 0 Å². The Balaban J connectivity index is 1.94.